The highest BCUT2D eigenvalue weighted by Crippen LogP contribution is 2.36. The van der Waals surface area contributed by atoms with Gasteiger partial charge in [-0.1, -0.05) is 42.5 Å². The lowest BCUT2D eigenvalue weighted by molar-refractivity contribution is 0.00578. The number of benzene rings is 2. The number of amides is 1. The standard InChI is InChI=1S/C21H24BNO3/c1-20(2)21(3,4)26-22(25-20)18-12-8-6-10-16(18)14-23-13-15-9-5-7-11-17(15)19(23)24/h5-12H,13-14H2,1-4H3. The molecule has 2 heterocycles. The van der Waals surface area contributed by atoms with Crippen molar-refractivity contribution in [1.29, 1.82) is 0 Å². The monoisotopic (exact) mass is 349 g/mol. The van der Waals surface area contributed by atoms with Crippen molar-refractivity contribution >= 4 is 18.5 Å². The molecular formula is C21H24BNO3. The second kappa shape index (κ2) is 5.97. The lowest BCUT2D eigenvalue weighted by Gasteiger charge is -2.32. The number of hydrogen-bond donors (Lipinski definition) is 0. The van der Waals surface area contributed by atoms with Crippen molar-refractivity contribution in [3.63, 3.8) is 0 Å². The van der Waals surface area contributed by atoms with Gasteiger partial charge in [0.15, 0.2) is 0 Å². The highest BCUT2D eigenvalue weighted by atomic mass is 16.7. The quantitative estimate of drug-likeness (QED) is 0.799. The molecule has 1 amide bonds. The maximum Gasteiger partial charge on any atom is 0.495 e. The second-order valence-corrected chi connectivity index (χ2v) is 8.11. The van der Waals surface area contributed by atoms with Gasteiger partial charge in [0.25, 0.3) is 5.91 Å². The third kappa shape index (κ3) is 2.76. The van der Waals surface area contributed by atoms with Crippen LogP contribution in [0, 0.1) is 0 Å². The van der Waals surface area contributed by atoms with E-state index in [9.17, 15) is 4.79 Å². The highest BCUT2D eigenvalue weighted by Gasteiger charge is 2.52. The first kappa shape index (κ1) is 17.3. The van der Waals surface area contributed by atoms with Crippen LogP contribution in [0.4, 0.5) is 0 Å². The van der Waals surface area contributed by atoms with Crippen LogP contribution in [-0.2, 0) is 22.4 Å². The van der Waals surface area contributed by atoms with E-state index in [0.29, 0.717) is 13.1 Å². The van der Waals surface area contributed by atoms with Crippen LogP contribution in [0.3, 0.4) is 0 Å². The van der Waals surface area contributed by atoms with E-state index in [1.807, 2.05) is 47.4 Å². The van der Waals surface area contributed by atoms with Gasteiger partial charge in [-0.25, -0.2) is 0 Å². The van der Waals surface area contributed by atoms with Crippen molar-refractivity contribution in [3.05, 3.63) is 65.2 Å². The van der Waals surface area contributed by atoms with E-state index in [1.54, 1.807) is 0 Å². The molecule has 0 N–H and O–H groups in total. The molecule has 134 valence electrons. The summed E-state index contributed by atoms with van der Waals surface area (Å²) in [6.07, 6.45) is 0. The number of hydrogen-bond acceptors (Lipinski definition) is 3. The Morgan fingerprint density at radius 3 is 2.27 bits per heavy atom. The zero-order chi connectivity index (χ0) is 18.5. The minimum atomic E-state index is -0.420. The summed E-state index contributed by atoms with van der Waals surface area (Å²) in [5, 5.41) is 0. The van der Waals surface area contributed by atoms with E-state index in [0.717, 1.165) is 22.2 Å². The topological polar surface area (TPSA) is 38.8 Å². The molecule has 0 aliphatic carbocycles. The third-order valence-electron chi connectivity index (χ3n) is 5.82. The molecule has 0 radical (unpaired) electrons. The van der Waals surface area contributed by atoms with Gasteiger partial charge in [-0.15, -0.1) is 0 Å². The summed E-state index contributed by atoms with van der Waals surface area (Å²) in [6.45, 7) is 9.40. The maximum atomic E-state index is 12.7. The molecule has 4 nitrogen and oxygen atoms in total. The third-order valence-corrected chi connectivity index (χ3v) is 5.82. The van der Waals surface area contributed by atoms with Gasteiger partial charge in [0.1, 0.15) is 0 Å². The SMILES string of the molecule is CC1(C)OB(c2ccccc2CN2Cc3ccccc3C2=O)OC1(C)C. The van der Waals surface area contributed by atoms with Crippen molar-refractivity contribution in [2.45, 2.75) is 52.0 Å². The molecule has 26 heavy (non-hydrogen) atoms. The molecule has 0 bridgehead atoms. The minimum Gasteiger partial charge on any atom is -0.399 e. The van der Waals surface area contributed by atoms with Gasteiger partial charge in [-0.05, 0) is 50.4 Å². The Morgan fingerprint density at radius 2 is 1.58 bits per heavy atom. The minimum absolute atomic E-state index is 0.0873. The Morgan fingerprint density at radius 1 is 0.962 bits per heavy atom. The fourth-order valence-electron chi connectivity index (χ4n) is 3.53. The molecule has 0 saturated carbocycles. The highest BCUT2D eigenvalue weighted by molar-refractivity contribution is 6.62. The van der Waals surface area contributed by atoms with Crippen LogP contribution in [0.5, 0.6) is 0 Å². The summed E-state index contributed by atoms with van der Waals surface area (Å²) < 4.78 is 12.4. The predicted molar refractivity (Wildman–Crippen MR) is 102 cm³/mol. The van der Waals surface area contributed by atoms with Crippen LogP contribution in [0.1, 0.15) is 49.2 Å². The van der Waals surface area contributed by atoms with E-state index in [-0.39, 0.29) is 17.1 Å². The molecule has 0 spiro atoms. The second-order valence-electron chi connectivity index (χ2n) is 8.11. The lowest BCUT2D eigenvalue weighted by Crippen LogP contribution is -2.41. The normalized spacial score (nSPS) is 20.5. The Bertz CT molecular complexity index is 846. The summed E-state index contributed by atoms with van der Waals surface area (Å²) >= 11 is 0. The molecule has 2 aliphatic heterocycles. The van der Waals surface area contributed by atoms with Crippen molar-refractivity contribution < 1.29 is 14.1 Å². The van der Waals surface area contributed by atoms with Crippen LogP contribution in [0.15, 0.2) is 48.5 Å². The van der Waals surface area contributed by atoms with Crippen LogP contribution in [0.25, 0.3) is 0 Å². The zero-order valence-electron chi connectivity index (χ0n) is 15.8. The Hall–Kier alpha value is -2.11. The van der Waals surface area contributed by atoms with Gasteiger partial charge in [0.2, 0.25) is 0 Å². The summed E-state index contributed by atoms with van der Waals surface area (Å²) in [6, 6.07) is 15.9. The Labute approximate surface area is 155 Å². The first-order valence-corrected chi connectivity index (χ1v) is 9.09. The number of carbonyl (C=O) groups excluding carboxylic acids is 1. The van der Waals surface area contributed by atoms with Crippen LogP contribution in [0.2, 0.25) is 0 Å². The molecule has 1 fully saturated rings. The molecule has 2 aliphatic rings. The van der Waals surface area contributed by atoms with Crippen LogP contribution < -0.4 is 5.46 Å². The van der Waals surface area contributed by atoms with E-state index in [1.165, 1.54) is 0 Å². The zero-order valence-corrected chi connectivity index (χ0v) is 15.8. The van der Waals surface area contributed by atoms with E-state index >= 15 is 0 Å². The summed E-state index contributed by atoms with van der Waals surface area (Å²) in [5.74, 6) is 0.0873. The van der Waals surface area contributed by atoms with Gasteiger partial charge < -0.3 is 14.2 Å². The largest absolute Gasteiger partial charge is 0.495 e. The number of rotatable bonds is 3. The van der Waals surface area contributed by atoms with E-state index in [4.69, 9.17) is 9.31 Å². The van der Waals surface area contributed by atoms with E-state index < -0.39 is 7.12 Å². The lowest BCUT2D eigenvalue weighted by atomic mass is 9.76. The Balaban J connectivity index is 1.60. The first-order chi connectivity index (χ1) is 12.3. The van der Waals surface area contributed by atoms with Gasteiger partial charge in [-0.2, -0.15) is 0 Å². The van der Waals surface area contributed by atoms with Crippen LogP contribution >= 0.6 is 0 Å². The van der Waals surface area contributed by atoms with Gasteiger partial charge >= 0.3 is 7.12 Å². The number of nitrogens with zero attached hydrogens (tertiary/aromatic N) is 1. The van der Waals surface area contributed by atoms with Crippen molar-refractivity contribution in [2.75, 3.05) is 0 Å². The first-order valence-electron chi connectivity index (χ1n) is 9.09. The fourth-order valence-corrected chi connectivity index (χ4v) is 3.53. The summed E-state index contributed by atoms with van der Waals surface area (Å²) in [5.41, 5.74) is 3.18. The summed E-state index contributed by atoms with van der Waals surface area (Å²) in [4.78, 5) is 14.6. The Kier molecular flexibility index (Phi) is 3.97. The predicted octanol–water partition coefficient (Wildman–Crippen LogP) is 3.14. The smallest absolute Gasteiger partial charge is 0.399 e. The number of carbonyl (C=O) groups is 1. The van der Waals surface area contributed by atoms with Crippen molar-refractivity contribution in [3.8, 4) is 0 Å². The molecule has 0 aromatic heterocycles. The molecule has 0 unspecified atom stereocenters. The van der Waals surface area contributed by atoms with Gasteiger partial charge in [0.05, 0.1) is 11.2 Å². The van der Waals surface area contributed by atoms with Gasteiger partial charge in [0, 0.05) is 18.7 Å². The van der Waals surface area contributed by atoms with Crippen LogP contribution in [-0.4, -0.2) is 29.1 Å². The molecule has 2 aromatic rings. The average Bonchev–Trinajstić information content (AvgIpc) is 3.01. The van der Waals surface area contributed by atoms with Crippen molar-refractivity contribution in [1.82, 2.24) is 4.90 Å². The van der Waals surface area contributed by atoms with E-state index in [2.05, 4.69) is 33.8 Å². The molecular weight excluding hydrogens is 325 g/mol. The molecule has 1 saturated heterocycles. The fraction of sp³-hybridized carbons (Fsp3) is 0.381. The maximum absolute atomic E-state index is 12.7. The van der Waals surface area contributed by atoms with Crippen molar-refractivity contribution in [2.24, 2.45) is 0 Å². The summed E-state index contributed by atoms with van der Waals surface area (Å²) in [7, 11) is -0.420. The van der Waals surface area contributed by atoms with Gasteiger partial charge in [-0.3, -0.25) is 4.79 Å². The molecule has 4 rings (SSSR count). The molecule has 2 aromatic carbocycles. The molecule has 0 atom stereocenters. The average molecular weight is 349 g/mol. The molecule has 5 heteroatoms. The number of fused-ring (bicyclic) bond motifs is 1.